The normalized spacial score (nSPS) is 11.8. The Kier molecular flexibility index (Phi) is 7.16. The van der Waals surface area contributed by atoms with E-state index in [0.717, 1.165) is 0 Å². The van der Waals surface area contributed by atoms with Gasteiger partial charge in [0.25, 0.3) is 5.56 Å². The second kappa shape index (κ2) is 10.3. The molecule has 0 saturated heterocycles. The fraction of sp³-hybridized carbons (Fsp3) is 0.240. The standard InChI is InChI=1S/C23H20ClFN8O.C2H6/c1-11-7-14(25)8-12(2)18(11)32-33-22(31-16-6-4-5-15(24)17(16)23(33)34)13(3)30-21-19-20(27-9-26-19)28-10-29-21;1-2/h4-10,13,32H,1-3H3,(H2,26,27,28,29,30);1-2H3. The Balaban J connectivity index is 0.00000148. The molecule has 0 saturated carbocycles. The number of nitrogens with one attached hydrogen (secondary N) is 3. The third kappa shape index (κ3) is 4.59. The molecule has 5 aromatic rings. The first-order valence-electron chi connectivity index (χ1n) is 11.5. The maximum Gasteiger partial charge on any atom is 0.281 e. The number of fused-ring (bicyclic) bond motifs is 2. The van der Waals surface area contributed by atoms with Crippen molar-refractivity contribution in [1.82, 2.24) is 29.6 Å². The molecule has 2 aromatic carbocycles. The van der Waals surface area contributed by atoms with E-state index in [4.69, 9.17) is 16.6 Å². The fourth-order valence-electron chi connectivity index (χ4n) is 3.95. The van der Waals surface area contributed by atoms with Gasteiger partial charge < -0.3 is 10.3 Å². The van der Waals surface area contributed by atoms with Crippen LogP contribution in [0.1, 0.15) is 43.8 Å². The van der Waals surface area contributed by atoms with Gasteiger partial charge in [-0.15, -0.1) is 0 Å². The zero-order valence-electron chi connectivity index (χ0n) is 20.5. The number of aryl methyl sites for hydroxylation is 2. The van der Waals surface area contributed by atoms with E-state index in [1.807, 2.05) is 20.8 Å². The largest absolute Gasteiger partial charge is 0.358 e. The van der Waals surface area contributed by atoms with E-state index in [9.17, 15) is 9.18 Å². The summed E-state index contributed by atoms with van der Waals surface area (Å²) in [4.78, 5) is 34.0. The highest BCUT2D eigenvalue weighted by Crippen LogP contribution is 2.26. The van der Waals surface area contributed by atoms with E-state index < -0.39 is 6.04 Å². The van der Waals surface area contributed by atoms with Gasteiger partial charge in [-0.1, -0.05) is 31.5 Å². The van der Waals surface area contributed by atoms with Gasteiger partial charge in [-0.3, -0.25) is 10.2 Å². The Morgan fingerprint density at radius 1 is 1.11 bits per heavy atom. The summed E-state index contributed by atoms with van der Waals surface area (Å²) >= 11 is 6.36. The topological polar surface area (TPSA) is 113 Å². The molecule has 0 aliphatic rings. The molecule has 5 rings (SSSR count). The molecule has 186 valence electrons. The van der Waals surface area contributed by atoms with E-state index in [-0.39, 0.29) is 16.8 Å². The smallest absolute Gasteiger partial charge is 0.281 e. The second-order valence-corrected chi connectivity index (χ2v) is 8.37. The van der Waals surface area contributed by atoms with Crippen molar-refractivity contribution in [2.24, 2.45) is 0 Å². The van der Waals surface area contributed by atoms with Crippen LogP contribution in [0.5, 0.6) is 0 Å². The zero-order valence-corrected chi connectivity index (χ0v) is 21.3. The number of H-pyrrole nitrogens is 1. The van der Waals surface area contributed by atoms with Gasteiger partial charge in [0.2, 0.25) is 0 Å². The van der Waals surface area contributed by atoms with Crippen molar-refractivity contribution in [3.05, 3.63) is 81.1 Å². The summed E-state index contributed by atoms with van der Waals surface area (Å²) in [6.45, 7) is 9.38. The van der Waals surface area contributed by atoms with Crippen LogP contribution in [0, 0.1) is 19.7 Å². The molecule has 9 nitrogen and oxygen atoms in total. The maximum absolute atomic E-state index is 13.9. The summed E-state index contributed by atoms with van der Waals surface area (Å²) in [6, 6.07) is 7.44. The molecule has 0 bridgehead atoms. The number of benzene rings is 2. The maximum atomic E-state index is 13.9. The van der Waals surface area contributed by atoms with E-state index in [2.05, 4.69) is 30.7 Å². The number of imidazole rings is 1. The molecule has 11 heteroatoms. The Bertz CT molecular complexity index is 1590. The zero-order chi connectivity index (χ0) is 26.0. The van der Waals surface area contributed by atoms with E-state index in [1.165, 1.54) is 29.5 Å². The van der Waals surface area contributed by atoms with Gasteiger partial charge in [0.05, 0.1) is 34.0 Å². The Labute approximate surface area is 211 Å². The Morgan fingerprint density at radius 2 is 1.83 bits per heavy atom. The lowest BCUT2D eigenvalue weighted by Crippen LogP contribution is -2.34. The molecule has 1 atom stereocenters. The van der Waals surface area contributed by atoms with Crippen LogP contribution in [0.2, 0.25) is 5.02 Å². The van der Waals surface area contributed by atoms with Crippen molar-refractivity contribution >= 4 is 45.2 Å². The predicted molar refractivity (Wildman–Crippen MR) is 141 cm³/mol. The number of anilines is 2. The summed E-state index contributed by atoms with van der Waals surface area (Å²) in [6.07, 6.45) is 2.94. The fourth-order valence-corrected chi connectivity index (χ4v) is 4.20. The lowest BCUT2D eigenvalue weighted by atomic mass is 10.1. The van der Waals surface area contributed by atoms with Gasteiger partial charge in [-0.25, -0.2) is 29.0 Å². The summed E-state index contributed by atoms with van der Waals surface area (Å²) in [7, 11) is 0. The minimum absolute atomic E-state index is 0.281. The van der Waals surface area contributed by atoms with Crippen LogP contribution in [-0.4, -0.2) is 29.6 Å². The Morgan fingerprint density at radius 3 is 2.56 bits per heavy atom. The monoisotopic (exact) mass is 508 g/mol. The van der Waals surface area contributed by atoms with Crippen LogP contribution in [0.25, 0.3) is 22.1 Å². The highest BCUT2D eigenvalue weighted by Gasteiger charge is 2.21. The molecule has 0 aliphatic heterocycles. The van der Waals surface area contributed by atoms with Crippen molar-refractivity contribution in [3.8, 4) is 0 Å². The first-order valence-corrected chi connectivity index (χ1v) is 11.9. The molecule has 0 fully saturated rings. The summed E-state index contributed by atoms with van der Waals surface area (Å²) in [5.74, 6) is 0.542. The lowest BCUT2D eigenvalue weighted by molar-refractivity contribution is 0.625. The molecule has 3 heterocycles. The van der Waals surface area contributed by atoms with Gasteiger partial charge in [-0.2, -0.15) is 0 Å². The van der Waals surface area contributed by atoms with Gasteiger partial charge in [0.15, 0.2) is 17.3 Å². The summed E-state index contributed by atoms with van der Waals surface area (Å²) < 4.78 is 15.2. The molecule has 0 spiro atoms. The van der Waals surface area contributed by atoms with Crippen LogP contribution in [0.15, 0.2) is 47.8 Å². The molecular formula is C25H26ClFN8O. The number of nitrogens with zero attached hydrogens (tertiary/aromatic N) is 5. The molecule has 36 heavy (non-hydrogen) atoms. The molecule has 1 unspecified atom stereocenters. The minimum Gasteiger partial charge on any atom is -0.358 e. The average Bonchev–Trinajstić information content (AvgIpc) is 3.33. The van der Waals surface area contributed by atoms with E-state index in [0.29, 0.717) is 50.2 Å². The van der Waals surface area contributed by atoms with E-state index in [1.54, 1.807) is 32.0 Å². The first-order chi connectivity index (χ1) is 17.3. The van der Waals surface area contributed by atoms with Crippen LogP contribution < -0.4 is 16.3 Å². The highest BCUT2D eigenvalue weighted by molar-refractivity contribution is 6.35. The molecule has 0 aliphatic carbocycles. The number of rotatable bonds is 5. The Hall–Kier alpha value is -4.05. The third-order valence-corrected chi connectivity index (χ3v) is 5.87. The number of aromatic amines is 1. The van der Waals surface area contributed by atoms with Gasteiger partial charge in [-0.05, 0) is 56.2 Å². The van der Waals surface area contributed by atoms with E-state index >= 15 is 0 Å². The highest BCUT2D eigenvalue weighted by atomic mass is 35.5. The summed E-state index contributed by atoms with van der Waals surface area (Å²) in [5.41, 5.74) is 6.26. The van der Waals surface area contributed by atoms with Crippen LogP contribution in [0.3, 0.4) is 0 Å². The summed E-state index contributed by atoms with van der Waals surface area (Å²) in [5, 5.41) is 3.85. The number of halogens is 2. The predicted octanol–water partition coefficient (Wildman–Crippen LogP) is 5.55. The molecule has 0 amide bonds. The van der Waals surface area contributed by atoms with Gasteiger partial charge in [0.1, 0.15) is 17.7 Å². The first kappa shape index (κ1) is 25.1. The van der Waals surface area contributed by atoms with Crippen LogP contribution in [0.4, 0.5) is 15.9 Å². The average molecular weight is 509 g/mol. The number of hydrogen-bond acceptors (Lipinski definition) is 7. The molecule has 0 radical (unpaired) electrons. The molecule has 3 aromatic heterocycles. The van der Waals surface area contributed by atoms with Crippen molar-refractivity contribution in [2.75, 3.05) is 10.7 Å². The molecule has 3 N–H and O–H groups in total. The van der Waals surface area contributed by atoms with Crippen molar-refractivity contribution in [1.29, 1.82) is 0 Å². The van der Waals surface area contributed by atoms with Gasteiger partial charge >= 0.3 is 0 Å². The van der Waals surface area contributed by atoms with Crippen molar-refractivity contribution in [3.63, 3.8) is 0 Å². The SMILES string of the molecule is CC.Cc1cc(F)cc(C)c1Nn1c(C(C)Nc2ncnc3nc[nH]c23)nc2cccc(Cl)c2c1=O. The van der Waals surface area contributed by atoms with Crippen molar-refractivity contribution in [2.45, 2.75) is 40.7 Å². The lowest BCUT2D eigenvalue weighted by Gasteiger charge is -2.22. The molecular weight excluding hydrogens is 483 g/mol. The third-order valence-electron chi connectivity index (χ3n) is 5.56. The number of hydrogen-bond donors (Lipinski definition) is 3. The second-order valence-electron chi connectivity index (χ2n) is 7.96. The van der Waals surface area contributed by atoms with Crippen LogP contribution >= 0.6 is 11.6 Å². The number of aromatic nitrogens is 6. The minimum atomic E-state index is -0.481. The van der Waals surface area contributed by atoms with Gasteiger partial charge in [0, 0.05) is 0 Å². The van der Waals surface area contributed by atoms with Crippen LogP contribution in [-0.2, 0) is 0 Å². The van der Waals surface area contributed by atoms with Crippen molar-refractivity contribution < 1.29 is 4.39 Å². The quantitative estimate of drug-likeness (QED) is 0.285.